The van der Waals surface area contributed by atoms with E-state index in [9.17, 15) is 18.0 Å². The predicted octanol–water partition coefficient (Wildman–Crippen LogP) is 1.99. The fourth-order valence-corrected chi connectivity index (χ4v) is 2.88. The summed E-state index contributed by atoms with van der Waals surface area (Å²) >= 11 is 0. The zero-order chi connectivity index (χ0) is 19.6. The Morgan fingerprint density at radius 2 is 2.19 bits per heavy atom. The van der Waals surface area contributed by atoms with Crippen LogP contribution in [-0.2, 0) is 24.5 Å². The normalized spacial score (nSPS) is 17.8. The molecule has 2 aromatic rings. The van der Waals surface area contributed by atoms with Crippen LogP contribution in [0.1, 0.15) is 28.5 Å². The van der Waals surface area contributed by atoms with Gasteiger partial charge in [-0.2, -0.15) is 18.3 Å². The molecule has 1 aliphatic rings. The molecule has 10 heteroatoms. The Labute approximate surface area is 154 Å². The molecule has 1 saturated heterocycles. The van der Waals surface area contributed by atoms with E-state index in [1.807, 2.05) is 13.0 Å². The van der Waals surface area contributed by atoms with E-state index in [1.54, 1.807) is 12.3 Å². The Morgan fingerprint density at radius 1 is 1.41 bits per heavy atom. The van der Waals surface area contributed by atoms with Gasteiger partial charge in [0.1, 0.15) is 5.82 Å². The van der Waals surface area contributed by atoms with Crippen molar-refractivity contribution in [2.45, 2.75) is 25.7 Å². The molecule has 3 rings (SSSR count). The molecular weight excluding hydrogens is 363 g/mol. The van der Waals surface area contributed by atoms with Gasteiger partial charge < -0.3 is 15.0 Å². The molecule has 0 saturated carbocycles. The average molecular weight is 383 g/mol. The summed E-state index contributed by atoms with van der Waals surface area (Å²) in [6.07, 6.45) is -1.91. The number of nitrogens with zero attached hydrogens (tertiary/aromatic N) is 4. The molecule has 1 fully saturated rings. The highest BCUT2D eigenvalue weighted by molar-refractivity contribution is 5.95. The molecule has 0 bridgehead atoms. The Balaban J connectivity index is 1.63. The highest BCUT2D eigenvalue weighted by Gasteiger charge is 2.38. The van der Waals surface area contributed by atoms with Gasteiger partial charge in [0.05, 0.1) is 18.3 Å². The first-order valence-electron chi connectivity index (χ1n) is 8.44. The molecule has 7 nitrogen and oxygen atoms in total. The SMILES string of the molecule is CC1CN(c2ccc(CNC(=O)c3cn(C)nc3C(F)(F)F)cn2)CCO1. The minimum Gasteiger partial charge on any atom is -0.375 e. The molecule has 1 N–H and O–H groups in total. The van der Waals surface area contributed by atoms with Crippen LogP contribution < -0.4 is 10.2 Å². The van der Waals surface area contributed by atoms with Gasteiger partial charge in [0.15, 0.2) is 5.69 Å². The van der Waals surface area contributed by atoms with Gasteiger partial charge in [0.2, 0.25) is 0 Å². The van der Waals surface area contributed by atoms with Gasteiger partial charge in [-0.3, -0.25) is 9.48 Å². The maximum atomic E-state index is 13.0. The van der Waals surface area contributed by atoms with Crippen LogP contribution in [0.2, 0.25) is 0 Å². The number of halogens is 3. The van der Waals surface area contributed by atoms with Crippen LogP contribution >= 0.6 is 0 Å². The monoisotopic (exact) mass is 383 g/mol. The van der Waals surface area contributed by atoms with Crippen molar-refractivity contribution >= 4 is 11.7 Å². The third-order valence-corrected chi connectivity index (χ3v) is 4.17. The zero-order valence-corrected chi connectivity index (χ0v) is 15.0. The molecule has 1 atom stereocenters. The summed E-state index contributed by atoms with van der Waals surface area (Å²) in [6, 6.07) is 3.61. The molecule has 0 aromatic carbocycles. The summed E-state index contributed by atoms with van der Waals surface area (Å²) in [5.41, 5.74) is -1.01. The quantitative estimate of drug-likeness (QED) is 0.874. The highest BCUT2D eigenvalue weighted by atomic mass is 19.4. The second-order valence-corrected chi connectivity index (χ2v) is 6.40. The van der Waals surface area contributed by atoms with Crippen LogP contribution in [0.25, 0.3) is 0 Å². The van der Waals surface area contributed by atoms with E-state index in [0.29, 0.717) is 12.2 Å². The third kappa shape index (κ3) is 4.57. The van der Waals surface area contributed by atoms with E-state index in [0.717, 1.165) is 29.8 Å². The van der Waals surface area contributed by atoms with Gasteiger partial charge in [0, 0.05) is 39.1 Å². The summed E-state index contributed by atoms with van der Waals surface area (Å²) in [7, 11) is 1.33. The average Bonchev–Trinajstić information content (AvgIpc) is 3.02. The van der Waals surface area contributed by atoms with Crippen molar-refractivity contribution in [3.63, 3.8) is 0 Å². The number of morpholine rings is 1. The molecule has 1 amide bonds. The maximum Gasteiger partial charge on any atom is 0.435 e. The molecule has 0 spiro atoms. The topological polar surface area (TPSA) is 72.3 Å². The number of nitrogens with one attached hydrogen (secondary N) is 1. The molecular formula is C17H20F3N5O2. The minimum absolute atomic E-state index is 0.0673. The van der Waals surface area contributed by atoms with Crippen LogP contribution in [0.4, 0.5) is 19.0 Å². The lowest BCUT2D eigenvalue weighted by atomic mass is 10.2. The lowest BCUT2D eigenvalue weighted by Crippen LogP contribution is -2.41. The van der Waals surface area contributed by atoms with Crippen LogP contribution in [0.15, 0.2) is 24.5 Å². The molecule has 2 aromatic heterocycles. The second-order valence-electron chi connectivity index (χ2n) is 6.40. The van der Waals surface area contributed by atoms with Gasteiger partial charge in [-0.05, 0) is 18.6 Å². The lowest BCUT2D eigenvalue weighted by Gasteiger charge is -2.32. The second kappa shape index (κ2) is 7.55. The van der Waals surface area contributed by atoms with E-state index in [2.05, 4.69) is 20.3 Å². The number of pyridine rings is 1. The van der Waals surface area contributed by atoms with Gasteiger partial charge in [0.25, 0.3) is 5.91 Å². The number of anilines is 1. The van der Waals surface area contributed by atoms with Crippen molar-refractivity contribution in [1.82, 2.24) is 20.1 Å². The summed E-state index contributed by atoms with van der Waals surface area (Å²) < 4.78 is 45.3. The standard InChI is InChI=1S/C17H20F3N5O2/c1-11-9-25(5-6-27-11)14-4-3-12(7-21-14)8-22-16(26)13-10-24(2)23-15(13)17(18,19)20/h3-4,7,10-11H,5-6,8-9H2,1-2H3,(H,22,26). The number of carbonyl (C=O) groups excluding carboxylic acids is 1. The number of aromatic nitrogens is 3. The Hall–Kier alpha value is -2.62. The lowest BCUT2D eigenvalue weighted by molar-refractivity contribution is -0.141. The van der Waals surface area contributed by atoms with Crippen LogP contribution in [0.5, 0.6) is 0 Å². The summed E-state index contributed by atoms with van der Waals surface area (Å²) in [6.45, 7) is 4.17. The third-order valence-electron chi connectivity index (χ3n) is 4.17. The van der Waals surface area contributed by atoms with E-state index < -0.39 is 23.3 Å². The molecule has 146 valence electrons. The number of hydrogen-bond donors (Lipinski definition) is 1. The Kier molecular flexibility index (Phi) is 5.36. The first kappa shape index (κ1) is 19.2. The van der Waals surface area contributed by atoms with Crippen molar-refractivity contribution in [1.29, 1.82) is 0 Å². The number of alkyl halides is 3. The van der Waals surface area contributed by atoms with Gasteiger partial charge in [-0.1, -0.05) is 6.07 Å². The number of ether oxygens (including phenoxy) is 1. The first-order valence-corrected chi connectivity index (χ1v) is 8.44. The molecule has 1 aliphatic heterocycles. The molecule has 3 heterocycles. The summed E-state index contributed by atoms with van der Waals surface area (Å²) in [5, 5.41) is 5.81. The molecule has 0 radical (unpaired) electrons. The van der Waals surface area contributed by atoms with Crippen molar-refractivity contribution in [3.8, 4) is 0 Å². The van der Waals surface area contributed by atoms with E-state index in [4.69, 9.17) is 4.74 Å². The zero-order valence-electron chi connectivity index (χ0n) is 15.0. The smallest absolute Gasteiger partial charge is 0.375 e. The minimum atomic E-state index is -4.69. The number of carbonyl (C=O) groups is 1. The Morgan fingerprint density at radius 3 is 2.81 bits per heavy atom. The molecule has 1 unspecified atom stereocenters. The van der Waals surface area contributed by atoms with Crippen LogP contribution in [0, 0.1) is 0 Å². The summed E-state index contributed by atoms with van der Waals surface area (Å²) in [5.74, 6) is -0.0339. The van der Waals surface area contributed by atoms with Crippen molar-refractivity contribution < 1.29 is 22.7 Å². The summed E-state index contributed by atoms with van der Waals surface area (Å²) in [4.78, 5) is 18.6. The van der Waals surface area contributed by atoms with E-state index in [-0.39, 0.29) is 12.6 Å². The van der Waals surface area contributed by atoms with Gasteiger partial charge in [-0.15, -0.1) is 0 Å². The highest BCUT2D eigenvalue weighted by Crippen LogP contribution is 2.30. The largest absolute Gasteiger partial charge is 0.435 e. The van der Waals surface area contributed by atoms with Crippen LogP contribution in [0.3, 0.4) is 0 Å². The fraction of sp³-hybridized carbons (Fsp3) is 0.471. The van der Waals surface area contributed by atoms with Gasteiger partial charge in [-0.25, -0.2) is 4.98 Å². The number of aryl methyl sites for hydroxylation is 1. The van der Waals surface area contributed by atoms with E-state index in [1.165, 1.54) is 7.05 Å². The van der Waals surface area contributed by atoms with Gasteiger partial charge >= 0.3 is 6.18 Å². The predicted molar refractivity (Wildman–Crippen MR) is 91.2 cm³/mol. The van der Waals surface area contributed by atoms with E-state index >= 15 is 0 Å². The number of hydrogen-bond acceptors (Lipinski definition) is 5. The molecule has 27 heavy (non-hydrogen) atoms. The number of amides is 1. The van der Waals surface area contributed by atoms with Crippen molar-refractivity contribution in [3.05, 3.63) is 41.3 Å². The Bertz CT molecular complexity index is 804. The maximum absolute atomic E-state index is 13.0. The fourth-order valence-electron chi connectivity index (χ4n) is 2.88. The molecule has 0 aliphatic carbocycles. The van der Waals surface area contributed by atoms with Crippen LogP contribution in [-0.4, -0.2) is 46.5 Å². The van der Waals surface area contributed by atoms with Crippen molar-refractivity contribution in [2.75, 3.05) is 24.6 Å². The van der Waals surface area contributed by atoms with Crippen molar-refractivity contribution in [2.24, 2.45) is 7.05 Å². The number of rotatable bonds is 4. The first-order chi connectivity index (χ1) is 12.7.